The summed E-state index contributed by atoms with van der Waals surface area (Å²) in [5.41, 5.74) is 0. The highest BCUT2D eigenvalue weighted by molar-refractivity contribution is 5.89. The summed E-state index contributed by atoms with van der Waals surface area (Å²) < 4.78 is 0. The maximum Gasteiger partial charge on any atom is 0.227 e. The molecule has 0 spiro atoms. The molecule has 5 heteroatoms. The topological polar surface area (TPSA) is 61.4 Å². The van der Waals surface area contributed by atoms with Crippen LogP contribution in [0.2, 0.25) is 0 Å². The lowest BCUT2D eigenvalue weighted by molar-refractivity contribution is -0.136. The number of carbonyl (C=O) groups is 2. The van der Waals surface area contributed by atoms with Crippen LogP contribution in [0.1, 0.15) is 32.6 Å². The summed E-state index contributed by atoms with van der Waals surface area (Å²) in [6, 6.07) is 0. The Morgan fingerprint density at radius 1 is 1.42 bits per heavy atom. The maximum absolute atomic E-state index is 12.5. The SMILES string of the molecule is CCCN(CC1CCCNC1)C(=O)C1CNC(=O)C1. The van der Waals surface area contributed by atoms with Crippen molar-refractivity contribution in [3.8, 4) is 0 Å². The van der Waals surface area contributed by atoms with Gasteiger partial charge in [-0.15, -0.1) is 0 Å². The molecule has 2 amide bonds. The molecule has 5 nitrogen and oxygen atoms in total. The number of rotatable bonds is 5. The summed E-state index contributed by atoms with van der Waals surface area (Å²) in [5.74, 6) is 0.588. The molecule has 19 heavy (non-hydrogen) atoms. The van der Waals surface area contributed by atoms with Crippen LogP contribution in [0.25, 0.3) is 0 Å². The summed E-state index contributed by atoms with van der Waals surface area (Å²) >= 11 is 0. The molecule has 0 bridgehead atoms. The van der Waals surface area contributed by atoms with Crippen molar-refractivity contribution in [2.24, 2.45) is 11.8 Å². The van der Waals surface area contributed by atoms with Gasteiger partial charge in [-0.25, -0.2) is 0 Å². The molecular formula is C14H25N3O2. The van der Waals surface area contributed by atoms with E-state index in [-0.39, 0.29) is 17.7 Å². The summed E-state index contributed by atoms with van der Waals surface area (Å²) in [6.07, 6.45) is 3.73. The molecular weight excluding hydrogens is 242 g/mol. The van der Waals surface area contributed by atoms with Gasteiger partial charge in [-0.2, -0.15) is 0 Å². The molecule has 0 aromatic rings. The van der Waals surface area contributed by atoms with Gasteiger partial charge in [0.05, 0.1) is 5.92 Å². The third-order valence-electron chi connectivity index (χ3n) is 4.01. The highest BCUT2D eigenvalue weighted by atomic mass is 16.2. The molecule has 2 atom stereocenters. The van der Waals surface area contributed by atoms with Crippen LogP contribution in [0.5, 0.6) is 0 Å². The van der Waals surface area contributed by atoms with Crippen LogP contribution < -0.4 is 10.6 Å². The van der Waals surface area contributed by atoms with E-state index >= 15 is 0 Å². The lowest BCUT2D eigenvalue weighted by atomic mass is 9.98. The van der Waals surface area contributed by atoms with Gasteiger partial charge in [0.15, 0.2) is 0 Å². The largest absolute Gasteiger partial charge is 0.355 e. The minimum absolute atomic E-state index is 0.00846. The van der Waals surface area contributed by atoms with E-state index in [0.29, 0.717) is 18.9 Å². The van der Waals surface area contributed by atoms with Crippen molar-refractivity contribution in [2.75, 3.05) is 32.7 Å². The number of nitrogens with one attached hydrogen (secondary N) is 2. The van der Waals surface area contributed by atoms with Gasteiger partial charge in [-0.1, -0.05) is 6.92 Å². The molecule has 2 rings (SSSR count). The minimum atomic E-state index is -0.143. The number of nitrogens with zero attached hydrogens (tertiary/aromatic N) is 1. The summed E-state index contributed by atoms with van der Waals surface area (Å²) in [5, 5.41) is 6.15. The summed E-state index contributed by atoms with van der Waals surface area (Å²) in [6.45, 7) is 6.36. The second-order valence-corrected chi connectivity index (χ2v) is 5.70. The van der Waals surface area contributed by atoms with Crippen LogP contribution >= 0.6 is 0 Å². The normalized spacial score (nSPS) is 27.1. The molecule has 0 radical (unpaired) electrons. The van der Waals surface area contributed by atoms with Gasteiger partial charge >= 0.3 is 0 Å². The standard InChI is InChI=1S/C14H25N3O2/c1-2-6-17(10-11-4-3-5-15-8-11)14(19)12-7-13(18)16-9-12/h11-12,15H,2-10H2,1H3,(H,16,18). The van der Waals surface area contributed by atoms with Crippen molar-refractivity contribution in [1.82, 2.24) is 15.5 Å². The van der Waals surface area contributed by atoms with Crippen molar-refractivity contribution < 1.29 is 9.59 Å². The Labute approximate surface area is 115 Å². The molecule has 2 N–H and O–H groups in total. The third-order valence-corrected chi connectivity index (χ3v) is 4.01. The Balaban J connectivity index is 1.90. The van der Waals surface area contributed by atoms with E-state index in [0.717, 1.165) is 32.6 Å². The molecule has 2 unspecified atom stereocenters. The van der Waals surface area contributed by atoms with E-state index in [1.807, 2.05) is 4.90 Å². The smallest absolute Gasteiger partial charge is 0.227 e. The number of piperidine rings is 1. The average molecular weight is 267 g/mol. The molecule has 2 saturated heterocycles. The first-order valence-electron chi connectivity index (χ1n) is 7.47. The van der Waals surface area contributed by atoms with Gasteiger partial charge in [0.25, 0.3) is 0 Å². The van der Waals surface area contributed by atoms with Crippen LogP contribution in [-0.2, 0) is 9.59 Å². The fraction of sp³-hybridized carbons (Fsp3) is 0.857. The van der Waals surface area contributed by atoms with Crippen LogP contribution in [0.15, 0.2) is 0 Å². The van der Waals surface area contributed by atoms with E-state index in [1.165, 1.54) is 12.8 Å². The molecule has 2 aliphatic heterocycles. The van der Waals surface area contributed by atoms with E-state index < -0.39 is 0 Å². The van der Waals surface area contributed by atoms with Gasteiger partial charge in [0.1, 0.15) is 0 Å². The molecule has 0 aromatic heterocycles. The van der Waals surface area contributed by atoms with Gasteiger partial charge in [0.2, 0.25) is 11.8 Å². The van der Waals surface area contributed by atoms with Gasteiger partial charge < -0.3 is 15.5 Å². The van der Waals surface area contributed by atoms with Crippen molar-refractivity contribution in [2.45, 2.75) is 32.6 Å². The summed E-state index contributed by atoms with van der Waals surface area (Å²) in [7, 11) is 0. The van der Waals surface area contributed by atoms with E-state index in [2.05, 4.69) is 17.6 Å². The van der Waals surface area contributed by atoms with Crippen LogP contribution in [0.3, 0.4) is 0 Å². The quantitative estimate of drug-likeness (QED) is 0.756. The molecule has 0 aromatic carbocycles. The number of amides is 2. The third kappa shape index (κ3) is 3.93. The van der Waals surface area contributed by atoms with Crippen LogP contribution in [0, 0.1) is 11.8 Å². The maximum atomic E-state index is 12.5. The zero-order valence-corrected chi connectivity index (χ0v) is 11.8. The predicted molar refractivity (Wildman–Crippen MR) is 73.6 cm³/mol. The molecule has 0 saturated carbocycles. The zero-order valence-electron chi connectivity index (χ0n) is 11.8. The highest BCUT2D eigenvalue weighted by Gasteiger charge is 2.32. The fourth-order valence-electron chi connectivity index (χ4n) is 2.99. The van der Waals surface area contributed by atoms with Crippen LogP contribution in [0.4, 0.5) is 0 Å². The fourth-order valence-corrected chi connectivity index (χ4v) is 2.99. The molecule has 2 heterocycles. The Kier molecular flexibility index (Phi) is 5.19. The number of hydrogen-bond donors (Lipinski definition) is 2. The van der Waals surface area contributed by atoms with Crippen molar-refractivity contribution in [3.63, 3.8) is 0 Å². The second-order valence-electron chi connectivity index (χ2n) is 5.70. The van der Waals surface area contributed by atoms with Crippen molar-refractivity contribution in [1.29, 1.82) is 0 Å². The molecule has 2 aliphatic rings. The lowest BCUT2D eigenvalue weighted by Gasteiger charge is -2.31. The Morgan fingerprint density at radius 3 is 2.84 bits per heavy atom. The predicted octanol–water partition coefficient (Wildman–Crippen LogP) is 0.361. The number of hydrogen-bond acceptors (Lipinski definition) is 3. The highest BCUT2D eigenvalue weighted by Crippen LogP contribution is 2.17. The molecule has 108 valence electrons. The summed E-state index contributed by atoms with van der Waals surface area (Å²) in [4.78, 5) is 25.7. The number of carbonyl (C=O) groups excluding carboxylic acids is 2. The first-order chi connectivity index (χ1) is 9.20. The van der Waals surface area contributed by atoms with Crippen molar-refractivity contribution >= 4 is 11.8 Å². The average Bonchev–Trinajstić information content (AvgIpc) is 2.85. The van der Waals surface area contributed by atoms with Gasteiger partial charge in [-0.05, 0) is 38.3 Å². The van der Waals surface area contributed by atoms with E-state index in [4.69, 9.17) is 0 Å². The lowest BCUT2D eigenvalue weighted by Crippen LogP contribution is -2.44. The van der Waals surface area contributed by atoms with Crippen molar-refractivity contribution in [3.05, 3.63) is 0 Å². The monoisotopic (exact) mass is 267 g/mol. The van der Waals surface area contributed by atoms with Crippen LogP contribution in [-0.4, -0.2) is 49.4 Å². The van der Waals surface area contributed by atoms with E-state index in [9.17, 15) is 9.59 Å². The minimum Gasteiger partial charge on any atom is -0.355 e. The Hall–Kier alpha value is -1.10. The second kappa shape index (κ2) is 6.89. The van der Waals surface area contributed by atoms with Gasteiger partial charge in [0, 0.05) is 26.1 Å². The Morgan fingerprint density at radius 2 is 2.26 bits per heavy atom. The molecule has 0 aliphatic carbocycles. The first kappa shape index (κ1) is 14.3. The molecule has 2 fully saturated rings. The first-order valence-corrected chi connectivity index (χ1v) is 7.47. The zero-order chi connectivity index (χ0) is 13.7. The van der Waals surface area contributed by atoms with E-state index in [1.54, 1.807) is 0 Å². The van der Waals surface area contributed by atoms with Gasteiger partial charge in [-0.3, -0.25) is 9.59 Å². The Bertz CT molecular complexity index is 327.